The SMILES string of the molecule is CCCn1c(C)c(C)c(S(=O)(=O)c2ccc(OC)cc2)c1NC(=O)c1ccc(F)cc1. The fourth-order valence-electron chi connectivity index (χ4n) is 3.44. The summed E-state index contributed by atoms with van der Waals surface area (Å²) in [5.74, 6) is -0.219. The highest BCUT2D eigenvalue weighted by molar-refractivity contribution is 7.91. The van der Waals surface area contributed by atoms with Crippen molar-refractivity contribution in [1.29, 1.82) is 0 Å². The first-order chi connectivity index (χ1) is 14.7. The van der Waals surface area contributed by atoms with Crippen molar-refractivity contribution in [2.75, 3.05) is 12.4 Å². The minimum Gasteiger partial charge on any atom is -0.497 e. The predicted molar refractivity (Wildman–Crippen MR) is 117 cm³/mol. The highest BCUT2D eigenvalue weighted by Crippen LogP contribution is 2.36. The molecule has 1 aromatic heterocycles. The Morgan fingerprint density at radius 3 is 2.23 bits per heavy atom. The van der Waals surface area contributed by atoms with E-state index in [4.69, 9.17) is 4.74 Å². The number of benzene rings is 2. The number of amides is 1. The number of methoxy groups -OCH3 is 1. The van der Waals surface area contributed by atoms with Crippen molar-refractivity contribution in [2.45, 2.75) is 43.5 Å². The summed E-state index contributed by atoms with van der Waals surface area (Å²) in [6.07, 6.45) is 0.746. The molecule has 1 heterocycles. The molecule has 0 atom stereocenters. The van der Waals surface area contributed by atoms with Crippen molar-refractivity contribution in [2.24, 2.45) is 0 Å². The van der Waals surface area contributed by atoms with E-state index in [1.807, 2.05) is 13.8 Å². The summed E-state index contributed by atoms with van der Waals surface area (Å²) < 4.78 is 47.3. The average Bonchev–Trinajstić information content (AvgIpc) is 2.99. The van der Waals surface area contributed by atoms with Gasteiger partial charge in [-0.1, -0.05) is 6.92 Å². The van der Waals surface area contributed by atoms with E-state index in [1.165, 1.54) is 43.5 Å². The first-order valence-electron chi connectivity index (χ1n) is 9.86. The summed E-state index contributed by atoms with van der Waals surface area (Å²) in [7, 11) is -2.43. The Morgan fingerprint density at radius 2 is 1.68 bits per heavy atom. The topological polar surface area (TPSA) is 77.4 Å². The lowest BCUT2D eigenvalue weighted by molar-refractivity contribution is 0.102. The summed E-state index contributed by atoms with van der Waals surface area (Å²) in [4.78, 5) is 13.0. The average molecular weight is 445 g/mol. The second-order valence-electron chi connectivity index (χ2n) is 7.18. The van der Waals surface area contributed by atoms with Gasteiger partial charge in [0.15, 0.2) is 0 Å². The standard InChI is InChI=1S/C23H25FN2O4S/c1-5-14-26-16(3)15(2)21(31(28,29)20-12-10-19(30-4)11-13-20)22(26)25-23(27)17-6-8-18(24)9-7-17/h6-13H,5,14H2,1-4H3,(H,25,27). The molecule has 0 aliphatic carbocycles. The Bertz CT molecular complexity index is 1200. The van der Waals surface area contributed by atoms with E-state index >= 15 is 0 Å². The molecule has 0 saturated carbocycles. The zero-order valence-corrected chi connectivity index (χ0v) is 18.7. The van der Waals surface area contributed by atoms with Gasteiger partial charge < -0.3 is 14.6 Å². The molecule has 3 aromatic rings. The van der Waals surface area contributed by atoms with E-state index < -0.39 is 21.6 Å². The number of halogens is 1. The number of anilines is 1. The van der Waals surface area contributed by atoms with Crippen LogP contribution in [0.3, 0.4) is 0 Å². The molecule has 31 heavy (non-hydrogen) atoms. The number of nitrogens with zero attached hydrogens (tertiary/aromatic N) is 1. The minimum atomic E-state index is -3.93. The molecule has 0 spiro atoms. The Hall–Kier alpha value is -3.13. The first-order valence-corrected chi connectivity index (χ1v) is 11.3. The van der Waals surface area contributed by atoms with Gasteiger partial charge in [0.1, 0.15) is 22.3 Å². The summed E-state index contributed by atoms with van der Waals surface area (Å²) in [6.45, 7) is 6.05. The van der Waals surface area contributed by atoms with Crippen molar-refractivity contribution in [3.63, 3.8) is 0 Å². The van der Waals surface area contributed by atoms with Gasteiger partial charge in [0.25, 0.3) is 5.91 Å². The van der Waals surface area contributed by atoms with E-state index in [1.54, 1.807) is 23.6 Å². The van der Waals surface area contributed by atoms with Crippen LogP contribution in [0.25, 0.3) is 0 Å². The Labute approximate surface area is 181 Å². The van der Waals surface area contributed by atoms with E-state index in [-0.39, 0.29) is 21.2 Å². The minimum absolute atomic E-state index is 0.0547. The zero-order chi connectivity index (χ0) is 22.8. The molecule has 3 rings (SSSR count). The Morgan fingerprint density at radius 1 is 1.06 bits per heavy atom. The van der Waals surface area contributed by atoms with Crippen molar-refractivity contribution in [3.8, 4) is 5.75 Å². The largest absolute Gasteiger partial charge is 0.497 e. The quantitative estimate of drug-likeness (QED) is 0.571. The molecule has 164 valence electrons. The van der Waals surface area contributed by atoms with Crippen LogP contribution in [-0.2, 0) is 16.4 Å². The number of carbonyl (C=O) groups is 1. The number of carbonyl (C=O) groups excluding carboxylic acids is 1. The number of aromatic nitrogens is 1. The van der Waals surface area contributed by atoms with Gasteiger partial charge in [-0.3, -0.25) is 4.79 Å². The second kappa shape index (κ2) is 8.93. The van der Waals surface area contributed by atoms with E-state index in [0.717, 1.165) is 12.1 Å². The Kier molecular flexibility index (Phi) is 6.50. The number of rotatable bonds is 7. The molecule has 0 unspecified atom stereocenters. The molecule has 8 heteroatoms. The number of hydrogen-bond acceptors (Lipinski definition) is 4. The smallest absolute Gasteiger partial charge is 0.256 e. The first kappa shape index (κ1) is 22.6. The van der Waals surface area contributed by atoms with Gasteiger partial charge in [0, 0.05) is 17.8 Å². The number of hydrogen-bond donors (Lipinski definition) is 1. The Balaban J connectivity index is 2.14. The summed E-state index contributed by atoms with van der Waals surface area (Å²) in [5, 5.41) is 2.76. The molecular weight excluding hydrogens is 419 g/mol. The van der Waals surface area contributed by atoms with Crippen LogP contribution < -0.4 is 10.1 Å². The van der Waals surface area contributed by atoms with Crippen molar-refractivity contribution in [3.05, 3.63) is 71.2 Å². The van der Waals surface area contributed by atoms with Crippen LogP contribution in [0, 0.1) is 19.7 Å². The molecule has 0 radical (unpaired) electrons. The molecule has 0 bridgehead atoms. The van der Waals surface area contributed by atoms with E-state index in [2.05, 4.69) is 5.32 Å². The van der Waals surface area contributed by atoms with Crippen molar-refractivity contribution in [1.82, 2.24) is 4.57 Å². The second-order valence-corrected chi connectivity index (χ2v) is 9.07. The highest BCUT2D eigenvalue weighted by atomic mass is 32.2. The van der Waals surface area contributed by atoms with Gasteiger partial charge in [-0.25, -0.2) is 12.8 Å². The van der Waals surface area contributed by atoms with Crippen LogP contribution >= 0.6 is 0 Å². The number of sulfone groups is 1. The maximum absolute atomic E-state index is 13.6. The highest BCUT2D eigenvalue weighted by Gasteiger charge is 2.30. The van der Waals surface area contributed by atoms with Crippen molar-refractivity contribution < 1.29 is 22.3 Å². The lowest BCUT2D eigenvalue weighted by Crippen LogP contribution is -2.18. The number of ether oxygens (including phenoxy) is 1. The molecule has 1 amide bonds. The predicted octanol–water partition coefficient (Wildman–Crippen LogP) is 4.75. The van der Waals surface area contributed by atoms with Crippen LogP contribution in [0.4, 0.5) is 10.2 Å². The third-order valence-electron chi connectivity index (χ3n) is 5.20. The zero-order valence-electron chi connectivity index (χ0n) is 17.9. The molecule has 2 aromatic carbocycles. The normalized spacial score (nSPS) is 11.4. The van der Waals surface area contributed by atoms with Gasteiger partial charge >= 0.3 is 0 Å². The van der Waals surface area contributed by atoms with Crippen LogP contribution in [0.1, 0.15) is 35.0 Å². The fourth-order valence-corrected chi connectivity index (χ4v) is 5.14. The van der Waals surface area contributed by atoms with Crippen LogP contribution in [0.2, 0.25) is 0 Å². The molecule has 0 aliphatic heterocycles. The van der Waals surface area contributed by atoms with Gasteiger partial charge in [0.05, 0.1) is 12.0 Å². The van der Waals surface area contributed by atoms with Crippen molar-refractivity contribution >= 4 is 21.6 Å². The summed E-state index contributed by atoms with van der Waals surface area (Å²) in [5.41, 5.74) is 1.55. The van der Waals surface area contributed by atoms with E-state index in [9.17, 15) is 17.6 Å². The molecule has 0 saturated heterocycles. The van der Waals surface area contributed by atoms with Crippen LogP contribution in [0.15, 0.2) is 58.3 Å². The van der Waals surface area contributed by atoms with Gasteiger partial charge in [-0.15, -0.1) is 0 Å². The van der Waals surface area contributed by atoms with Gasteiger partial charge in [0.2, 0.25) is 9.84 Å². The fraction of sp³-hybridized carbons (Fsp3) is 0.261. The lowest BCUT2D eigenvalue weighted by atomic mass is 10.2. The van der Waals surface area contributed by atoms with Gasteiger partial charge in [-0.2, -0.15) is 0 Å². The summed E-state index contributed by atoms with van der Waals surface area (Å²) in [6, 6.07) is 11.2. The lowest BCUT2D eigenvalue weighted by Gasteiger charge is -2.14. The van der Waals surface area contributed by atoms with Gasteiger partial charge in [-0.05, 0) is 74.4 Å². The summed E-state index contributed by atoms with van der Waals surface area (Å²) >= 11 is 0. The third kappa shape index (κ3) is 4.34. The molecule has 0 aliphatic rings. The monoisotopic (exact) mass is 444 g/mol. The molecule has 1 N–H and O–H groups in total. The molecular formula is C23H25FN2O4S. The molecule has 6 nitrogen and oxygen atoms in total. The van der Waals surface area contributed by atoms with Crippen LogP contribution in [0.5, 0.6) is 5.75 Å². The maximum Gasteiger partial charge on any atom is 0.256 e. The third-order valence-corrected chi connectivity index (χ3v) is 7.13. The number of nitrogens with one attached hydrogen (secondary N) is 1. The van der Waals surface area contributed by atoms with Crippen LogP contribution in [-0.4, -0.2) is 26.0 Å². The van der Waals surface area contributed by atoms with E-state index in [0.29, 0.717) is 17.9 Å². The molecule has 0 fully saturated rings. The maximum atomic E-state index is 13.6.